The molecule has 0 saturated carbocycles. The Balaban J connectivity index is 1.54. The molecular formula is C48H73N3O11. The van der Waals surface area contributed by atoms with Crippen LogP contribution in [-0.4, -0.2) is 104 Å². The Morgan fingerprint density at radius 2 is 1.50 bits per heavy atom. The number of carboxylic acid groups (broad SMARTS) is 1. The van der Waals surface area contributed by atoms with Crippen LogP contribution in [0.4, 0.5) is 0 Å². The first-order valence-corrected chi connectivity index (χ1v) is 23.0. The van der Waals surface area contributed by atoms with Crippen molar-refractivity contribution in [3.8, 4) is 0 Å². The van der Waals surface area contributed by atoms with Crippen LogP contribution in [0.5, 0.6) is 0 Å². The molecule has 0 radical (unpaired) electrons. The van der Waals surface area contributed by atoms with E-state index < -0.39 is 83.8 Å². The highest BCUT2D eigenvalue weighted by atomic mass is 16.4. The molecule has 62 heavy (non-hydrogen) atoms. The van der Waals surface area contributed by atoms with Gasteiger partial charge in [0.1, 0.15) is 17.6 Å². The van der Waals surface area contributed by atoms with E-state index in [9.17, 15) is 54.0 Å². The topological polar surface area (TPSA) is 228 Å². The molecule has 1 unspecified atom stereocenters. The van der Waals surface area contributed by atoms with Crippen molar-refractivity contribution in [2.75, 3.05) is 13.7 Å². The van der Waals surface area contributed by atoms with Crippen molar-refractivity contribution in [1.29, 1.82) is 0 Å². The minimum atomic E-state index is -1.32. The van der Waals surface area contributed by atoms with Crippen molar-refractivity contribution in [3.05, 3.63) is 46.8 Å². The molecule has 4 bridgehead atoms. The zero-order chi connectivity index (χ0) is 45.8. The zero-order valence-corrected chi connectivity index (χ0v) is 37.5. The molecule has 1 aliphatic heterocycles. The van der Waals surface area contributed by atoms with Crippen LogP contribution in [0.1, 0.15) is 156 Å². The standard InChI is InChI=1S/C48H73N3O11/c1-5-6-7-8-9-10-11-12-13-14-15-16-17-18-36(53)28-35(30-52)47(60)49-32(3)40(54)23-24-44(58)51(4)45-34-20-22-42(56)38(29-34)37-26-33(19-21-41(37)55)27-39(48(61)62)50-46(59)31(2)25-43(45)57/h19-20,22,26,31-32,34-35,39,41,45,52,55-56H,5-18,21,23-25,27-30H2,1-4H3,(H,49,60)(H,50,59)(H,61,62)/t31-,32-,34+,35-,39+,41?,45+/m1/s1. The third-order valence-electron chi connectivity index (χ3n) is 12.5. The Labute approximate surface area is 367 Å². The molecule has 14 heteroatoms. The first-order valence-electron chi connectivity index (χ1n) is 23.0. The second-order valence-corrected chi connectivity index (χ2v) is 17.7. The number of hydrogen-bond acceptors (Lipinski definition) is 10. The largest absolute Gasteiger partial charge is 0.508 e. The van der Waals surface area contributed by atoms with Gasteiger partial charge in [0, 0.05) is 63.0 Å². The molecule has 0 saturated heterocycles. The molecule has 3 aliphatic rings. The average molecular weight is 868 g/mol. The van der Waals surface area contributed by atoms with E-state index in [-0.39, 0.29) is 56.5 Å². The Bertz CT molecular complexity index is 1700. The predicted octanol–water partition coefficient (Wildman–Crippen LogP) is 6.29. The monoisotopic (exact) mass is 868 g/mol. The first kappa shape index (κ1) is 51.9. The van der Waals surface area contributed by atoms with Crippen LogP contribution < -0.4 is 10.6 Å². The van der Waals surface area contributed by atoms with E-state index in [1.807, 2.05) is 0 Å². The lowest BCUT2D eigenvalue weighted by Gasteiger charge is -2.36. The molecule has 3 amide bonds. The third kappa shape index (κ3) is 16.7. The number of unbranched alkanes of at least 4 members (excludes halogenated alkanes) is 12. The quantitative estimate of drug-likeness (QED) is 0.0559. The highest BCUT2D eigenvalue weighted by molar-refractivity contribution is 5.96. The van der Waals surface area contributed by atoms with E-state index >= 15 is 0 Å². The van der Waals surface area contributed by atoms with Crippen molar-refractivity contribution in [1.82, 2.24) is 15.5 Å². The van der Waals surface area contributed by atoms with Crippen molar-refractivity contribution < 1.29 is 54.0 Å². The Hall–Kier alpha value is -4.43. The number of fused-ring (bicyclic) bond motifs is 4. The number of allylic oxidation sites excluding steroid dienone is 2. The SMILES string of the molecule is CCCCCCCCCCCCCCCC(=O)C[C@H](CO)C(=O)N[C@H](C)C(=O)CCC(=O)N(C)[C@@H]1C(=O)C[C@@H](C)C(=O)N[C@H](C(=O)O)CC2=CCC(O)C(=C2)C2=C(O)C=C[C@H]1C2. The van der Waals surface area contributed by atoms with Crippen LogP contribution >= 0.6 is 0 Å². The van der Waals surface area contributed by atoms with Crippen molar-refractivity contribution >= 4 is 41.0 Å². The number of carbonyl (C=O) groups excluding carboxylic acids is 6. The number of carbonyl (C=O) groups is 7. The molecule has 3 rings (SSSR count). The van der Waals surface area contributed by atoms with Crippen molar-refractivity contribution in [2.24, 2.45) is 17.8 Å². The number of nitrogens with zero attached hydrogens (tertiary/aromatic N) is 1. The number of ketones is 3. The molecule has 6 N–H and O–H groups in total. The van der Waals surface area contributed by atoms with Crippen LogP contribution in [0.15, 0.2) is 46.8 Å². The summed E-state index contributed by atoms with van der Waals surface area (Å²) in [6.07, 6.45) is 20.0. The number of hydrogen-bond donors (Lipinski definition) is 6. The van der Waals surface area contributed by atoms with Gasteiger partial charge >= 0.3 is 5.97 Å². The number of carboxylic acids is 1. The maximum Gasteiger partial charge on any atom is 0.326 e. The van der Waals surface area contributed by atoms with E-state index in [0.29, 0.717) is 23.1 Å². The lowest BCUT2D eigenvalue weighted by molar-refractivity contribution is -0.143. The number of likely N-dealkylation sites (N-methyl/N-ethyl adjacent to an activating group) is 1. The van der Waals surface area contributed by atoms with Gasteiger partial charge in [-0.1, -0.05) is 109 Å². The molecule has 0 spiro atoms. The maximum atomic E-state index is 14.0. The number of rotatable bonds is 25. The summed E-state index contributed by atoms with van der Waals surface area (Å²) >= 11 is 0. The summed E-state index contributed by atoms with van der Waals surface area (Å²) in [5.41, 5.74) is 1.24. The predicted molar refractivity (Wildman–Crippen MR) is 236 cm³/mol. The lowest BCUT2D eigenvalue weighted by atomic mass is 9.78. The molecular weight excluding hydrogens is 795 g/mol. The highest BCUT2D eigenvalue weighted by Crippen LogP contribution is 2.37. The van der Waals surface area contributed by atoms with Gasteiger partial charge in [-0.25, -0.2) is 4.79 Å². The van der Waals surface area contributed by atoms with Crippen molar-refractivity contribution in [2.45, 2.75) is 180 Å². The van der Waals surface area contributed by atoms with Crippen LogP contribution in [0.25, 0.3) is 0 Å². The maximum absolute atomic E-state index is 14.0. The highest BCUT2D eigenvalue weighted by Gasteiger charge is 2.39. The second kappa shape index (κ2) is 26.9. The molecule has 7 atom stereocenters. The Morgan fingerprint density at radius 3 is 2.10 bits per heavy atom. The molecule has 1 heterocycles. The van der Waals surface area contributed by atoms with Gasteiger partial charge in [0.2, 0.25) is 17.7 Å². The molecule has 2 aliphatic carbocycles. The van der Waals surface area contributed by atoms with E-state index in [2.05, 4.69) is 17.6 Å². The number of aliphatic hydroxyl groups is 3. The van der Waals surface area contributed by atoms with Crippen LogP contribution in [-0.2, 0) is 33.6 Å². The van der Waals surface area contributed by atoms with Crippen molar-refractivity contribution in [3.63, 3.8) is 0 Å². The summed E-state index contributed by atoms with van der Waals surface area (Å²) < 4.78 is 0. The van der Waals surface area contributed by atoms with Gasteiger partial charge in [-0.2, -0.15) is 0 Å². The average Bonchev–Trinajstić information content (AvgIpc) is 3.23. The van der Waals surface area contributed by atoms with Gasteiger partial charge < -0.3 is 36.0 Å². The third-order valence-corrected chi connectivity index (χ3v) is 12.5. The van der Waals surface area contributed by atoms with Gasteiger partial charge in [0.15, 0.2) is 11.6 Å². The molecule has 0 aromatic rings. The normalized spacial score (nSPS) is 22.7. The molecule has 0 aromatic heterocycles. The number of amides is 3. The van der Waals surface area contributed by atoms with E-state index in [4.69, 9.17) is 0 Å². The summed E-state index contributed by atoms with van der Waals surface area (Å²) in [6, 6.07) is -3.49. The fraction of sp³-hybridized carbons (Fsp3) is 0.688. The zero-order valence-electron chi connectivity index (χ0n) is 37.5. The Morgan fingerprint density at radius 1 is 0.887 bits per heavy atom. The van der Waals surface area contributed by atoms with Crippen LogP contribution in [0.3, 0.4) is 0 Å². The fourth-order valence-corrected chi connectivity index (χ4v) is 8.54. The number of aliphatic carboxylic acids is 1. The first-order chi connectivity index (χ1) is 29.6. The lowest BCUT2D eigenvalue weighted by Crippen LogP contribution is -2.49. The minimum absolute atomic E-state index is 0.0470. The minimum Gasteiger partial charge on any atom is -0.508 e. The molecule has 14 nitrogen and oxygen atoms in total. The number of nitrogens with one attached hydrogen (secondary N) is 2. The summed E-state index contributed by atoms with van der Waals surface area (Å²) in [5, 5.41) is 46.8. The summed E-state index contributed by atoms with van der Waals surface area (Å²) in [4.78, 5) is 93.1. The Kier molecular flexibility index (Phi) is 22.5. The number of Topliss-reactive ketones (excluding diaryl/α,β-unsaturated/α-hetero) is 3. The fourth-order valence-electron chi connectivity index (χ4n) is 8.54. The number of aliphatic hydroxyl groups excluding tert-OH is 3. The summed E-state index contributed by atoms with van der Waals surface area (Å²) in [7, 11) is 1.41. The van der Waals surface area contributed by atoms with Crippen LogP contribution in [0, 0.1) is 17.8 Å². The van der Waals surface area contributed by atoms with Gasteiger partial charge in [0.25, 0.3) is 0 Å². The molecule has 0 aromatic carbocycles. The second-order valence-electron chi connectivity index (χ2n) is 17.7. The summed E-state index contributed by atoms with van der Waals surface area (Å²) in [6.45, 7) is 4.62. The van der Waals surface area contributed by atoms with Gasteiger partial charge in [-0.15, -0.1) is 0 Å². The van der Waals surface area contributed by atoms with Gasteiger partial charge in [-0.3, -0.25) is 28.8 Å². The van der Waals surface area contributed by atoms with E-state index in [1.165, 1.54) is 89.7 Å². The van der Waals surface area contributed by atoms with Gasteiger partial charge in [-0.05, 0) is 43.4 Å². The smallest absolute Gasteiger partial charge is 0.326 e. The van der Waals surface area contributed by atoms with E-state index in [1.54, 1.807) is 18.2 Å². The van der Waals surface area contributed by atoms with E-state index in [0.717, 1.165) is 25.7 Å². The van der Waals surface area contributed by atoms with Crippen LogP contribution in [0.2, 0.25) is 0 Å². The molecule has 346 valence electrons. The van der Waals surface area contributed by atoms with Gasteiger partial charge in [0.05, 0.1) is 30.7 Å². The summed E-state index contributed by atoms with van der Waals surface area (Å²) in [5.74, 6) is -7.02. The molecule has 0 fully saturated rings.